The molecule has 27 heavy (non-hydrogen) atoms. The highest BCUT2D eigenvalue weighted by atomic mass is 16.5. The fourth-order valence-electron chi connectivity index (χ4n) is 3.22. The number of hydrogen-bond acceptors (Lipinski definition) is 4. The highest BCUT2D eigenvalue weighted by Crippen LogP contribution is 2.38. The second-order valence-corrected chi connectivity index (χ2v) is 7.06. The van der Waals surface area contributed by atoms with Crippen LogP contribution in [-0.4, -0.2) is 28.3 Å². The maximum Gasteiger partial charge on any atom is 0.340 e. The number of amides is 1. The Morgan fingerprint density at radius 1 is 1.19 bits per heavy atom. The molecule has 3 rings (SSSR count). The molecule has 1 atom stereocenters. The number of ketones is 1. The van der Waals surface area contributed by atoms with Crippen molar-refractivity contribution in [3.05, 3.63) is 52.8 Å². The zero-order valence-corrected chi connectivity index (χ0v) is 16.0. The second-order valence-electron chi connectivity index (χ2n) is 7.06. The van der Waals surface area contributed by atoms with Crippen molar-refractivity contribution in [1.82, 2.24) is 4.57 Å². The minimum Gasteiger partial charge on any atom is -0.449 e. The van der Waals surface area contributed by atoms with E-state index in [1.54, 1.807) is 24.3 Å². The van der Waals surface area contributed by atoms with E-state index in [0.717, 1.165) is 24.2 Å². The molecule has 1 aromatic carbocycles. The number of esters is 1. The number of hydrogen-bond donors (Lipinski definition) is 1. The fourth-order valence-corrected chi connectivity index (χ4v) is 3.22. The number of carbonyl (C=O) groups excluding carboxylic acids is 3. The van der Waals surface area contributed by atoms with E-state index in [0.29, 0.717) is 22.9 Å². The Kier molecular flexibility index (Phi) is 5.17. The van der Waals surface area contributed by atoms with Gasteiger partial charge in [0.05, 0.1) is 5.56 Å². The van der Waals surface area contributed by atoms with Crippen LogP contribution in [0, 0.1) is 13.8 Å². The van der Waals surface area contributed by atoms with Crippen molar-refractivity contribution in [1.29, 1.82) is 0 Å². The lowest BCUT2D eigenvalue weighted by molar-refractivity contribution is -0.123. The predicted octanol–water partition coefficient (Wildman–Crippen LogP) is 3.83. The van der Waals surface area contributed by atoms with Crippen molar-refractivity contribution in [2.75, 3.05) is 5.32 Å². The molecule has 0 unspecified atom stereocenters. The molecule has 0 bridgehead atoms. The number of nitrogens with zero attached hydrogens (tertiary/aromatic N) is 1. The van der Waals surface area contributed by atoms with Gasteiger partial charge in [-0.1, -0.05) is 12.1 Å². The van der Waals surface area contributed by atoms with E-state index in [1.807, 2.05) is 19.9 Å². The van der Waals surface area contributed by atoms with Gasteiger partial charge in [0.2, 0.25) is 0 Å². The van der Waals surface area contributed by atoms with E-state index in [2.05, 4.69) is 9.88 Å². The van der Waals surface area contributed by atoms with Gasteiger partial charge in [0.1, 0.15) is 0 Å². The molecule has 1 aliphatic carbocycles. The molecule has 1 N–H and O–H groups in total. The van der Waals surface area contributed by atoms with Crippen molar-refractivity contribution >= 4 is 23.3 Å². The van der Waals surface area contributed by atoms with Crippen molar-refractivity contribution in [2.45, 2.75) is 52.7 Å². The first-order chi connectivity index (χ1) is 12.8. The predicted molar refractivity (Wildman–Crippen MR) is 102 cm³/mol. The van der Waals surface area contributed by atoms with Crippen LogP contribution in [0.1, 0.15) is 64.8 Å². The van der Waals surface area contributed by atoms with Gasteiger partial charge in [0.25, 0.3) is 5.91 Å². The Morgan fingerprint density at radius 2 is 1.89 bits per heavy atom. The molecule has 0 aliphatic heterocycles. The maximum atomic E-state index is 12.5. The number of nitrogens with one attached hydrogen (secondary N) is 1. The van der Waals surface area contributed by atoms with Crippen LogP contribution in [0.2, 0.25) is 0 Å². The van der Waals surface area contributed by atoms with E-state index < -0.39 is 18.0 Å². The van der Waals surface area contributed by atoms with Crippen LogP contribution in [-0.2, 0) is 9.53 Å². The van der Waals surface area contributed by atoms with Crippen molar-refractivity contribution in [3.8, 4) is 0 Å². The Balaban J connectivity index is 1.66. The average Bonchev–Trinajstić information content (AvgIpc) is 3.39. The molecule has 0 radical (unpaired) electrons. The second kappa shape index (κ2) is 7.39. The Hall–Kier alpha value is -2.89. The van der Waals surface area contributed by atoms with Gasteiger partial charge in [-0.05, 0) is 58.7 Å². The number of anilines is 1. The molecule has 0 spiro atoms. The third kappa shape index (κ3) is 4.10. The Labute approximate surface area is 158 Å². The summed E-state index contributed by atoms with van der Waals surface area (Å²) in [5.74, 6) is -1.04. The molecule has 6 nitrogen and oxygen atoms in total. The molecule has 1 amide bonds. The van der Waals surface area contributed by atoms with Crippen LogP contribution in [0.25, 0.3) is 0 Å². The molecule has 6 heteroatoms. The van der Waals surface area contributed by atoms with Crippen LogP contribution >= 0.6 is 0 Å². The fraction of sp³-hybridized carbons (Fsp3) is 0.381. The minimum absolute atomic E-state index is 0.0865. The molecule has 1 fully saturated rings. The van der Waals surface area contributed by atoms with Gasteiger partial charge in [-0.3, -0.25) is 9.59 Å². The first-order valence-electron chi connectivity index (χ1n) is 9.09. The molecule has 142 valence electrons. The van der Waals surface area contributed by atoms with Crippen molar-refractivity contribution < 1.29 is 19.1 Å². The van der Waals surface area contributed by atoms with E-state index in [1.165, 1.54) is 13.8 Å². The highest BCUT2D eigenvalue weighted by molar-refractivity contribution is 5.99. The van der Waals surface area contributed by atoms with E-state index >= 15 is 0 Å². The zero-order valence-electron chi connectivity index (χ0n) is 16.0. The summed E-state index contributed by atoms with van der Waals surface area (Å²) < 4.78 is 7.53. The summed E-state index contributed by atoms with van der Waals surface area (Å²) in [5.41, 5.74) is 3.40. The van der Waals surface area contributed by atoms with Gasteiger partial charge in [-0.25, -0.2) is 4.79 Å². The lowest BCUT2D eigenvalue weighted by atomic mass is 10.1. The molecule has 1 aliphatic rings. The van der Waals surface area contributed by atoms with Crippen molar-refractivity contribution in [2.24, 2.45) is 0 Å². The SMILES string of the molecule is CC(=O)c1cccc(NC(=O)[C@@H](C)OC(=O)c2cc(C)n(C3CC3)c2C)c1. The first kappa shape index (κ1) is 18.9. The van der Waals surface area contributed by atoms with Crippen LogP contribution in [0.3, 0.4) is 0 Å². The first-order valence-corrected chi connectivity index (χ1v) is 9.09. The minimum atomic E-state index is -0.956. The van der Waals surface area contributed by atoms with Gasteiger partial charge in [-0.15, -0.1) is 0 Å². The van der Waals surface area contributed by atoms with E-state index in [9.17, 15) is 14.4 Å². The van der Waals surface area contributed by atoms with E-state index in [4.69, 9.17) is 4.74 Å². The van der Waals surface area contributed by atoms with Gasteiger partial charge in [0.15, 0.2) is 11.9 Å². The molecule has 0 saturated heterocycles. The van der Waals surface area contributed by atoms with Crippen LogP contribution in [0.15, 0.2) is 30.3 Å². The quantitative estimate of drug-likeness (QED) is 0.621. The monoisotopic (exact) mass is 368 g/mol. The molecular formula is C21H24N2O4. The van der Waals surface area contributed by atoms with Crippen molar-refractivity contribution in [3.63, 3.8) is 0 Å². The third-order valence-electron chi connectivity index (χ3n) is 4.81. The summed E-state index contributed by atoms with van der Waals surface area (Å²) in [4.78, 5) is 36.3. The van der Waals surface area contributed by atoms with Crippen LogP contribution < -0.4 is 5.32 Å². The topological polar surface area (TPSA) is 77.4 Å². The van der Waals surface area contributed by atoms with Gasteiger partial charge >= 0.3 is 5.97 Å². The molecular weight excluding hydrogens is 344 g/mol. The largest absolute Gasteiger partial charge is 0.449 e. The summed E-state index contributed by atoms with van der Waals surface area (Å²) in [6.45, 7) is 6.87. The van der Waals surface area contributed by atoms with Crippen LogP contribution in [0.5, 0.6) is 0 Å². The number of aromatic nitrogens is 1. The standard InChI is InChI=1S/C21H24N2O4/c1-12-10-19(13(2)23(12)18-8-9-18)21(26)27-15(4)20(25)22-17-7-5-6-16(11-17)14(3)24/h5-7,10-11,15,18H,8-9H2,1-4H3,(H,22,25)/t15-/m1/s1. The summed E-state index contributed by atoms with van der Waals surface area (Å²) in [7, 11) is 0. The summed E-state index contributed by atoms with van der Waals surface area (Å²) >= 11 is 0. The zero-order chi connectivity index (χ0) is 19.7. The third-order valence-corrected chi connectivity index (χ3v) is 4.81. The molecule has 2 aromatic rings. The van der Waals surface area contributed by atoms with Gasteiger partial charge < -0.3 is 14.6 Å². The Morgan fingerprint density at radius 3 is 2.52 bits per heavy atom. The number of aryl methyl sites for hydroxylation is 1. The van der Waals surface area contributed by atoms with E-state index in [-0.39, 0.29) is 5.78 Å². The summed E-state index contributed by atoms with van der Waals surface area (Å²) in [6.07, 6.45) is 1.30. The molecule has 1 saturated carbocycles. The van der Waals surface area contributed by atoms with Gasteiger partial charge in [0, 0.05) is 28.7 Å². The van der Waals surface area contributed by atoms with Gasteiger partial charge in [-0.2, -0.15) is 0 Å². The lowest BCUT2D eigenvalue weighted by Gasteiger charge is -2.14. The summed E-state index contributed by atoms with van der Waals surface area (Å²) in [5, 5.41) is 2.68. The highest BCUT2D eigenvalue weighted by Gasteiger charge is 2.29. The lowest BCUT2D eigenvalue weighted by Crippen LogP contribution is -2.30. The Bertz CT molecular complexity index is 909. The molecule has 1 heterocycles. The number of carbonyl (C=O) groups is 3. The number of ether oxygens (including phenoxy) is 1. The number of Topliss-reactive ketones (excluding diaryl/α,β-unsaturated/α-hetero) is 1. The number of benzene rings is 1. The van der Waals surface area contributed by atoms with Crippen LogP contribution in [0.4, 0.5) is 5.69 Å². The molecule has 1 aromatic heterocycles. The maximum absolute atomic E-state index is 12.5. The smallest absolute Gasteiger partial charge is 0.340 e. The average molecular weight is 368 g/mol. The normalized spacial score (nSPS) is 14.5. The number of rotatable bonds is 6. The summed E-state index contributed by atoms with van der Waals surface area (Å²) in [6, 6.07) is 8.94.